The summed E-state index contributed by atoms with van der Waals surface area (Å²) in [6.45, 7) is 5.21. The summed E-state index contributed by atoms with van der Waals surface area (Å²) in [6.07, 6.45) is 4.35. The number of aromatic nitrogens is 1. The van der Waals surface area contributed by atoms with Gasteiger partial charge in [0.15, 0.2) is 0 Å². The highest BCUT2D eigenvalue weighted by Gasteiger charge is 2.13. The summed E-state index contributed by atoms with van der Waals surface area (Å²) in [5, 5.41) is 4.77. The Morgan fingerprint density at radius 3 is 3.19 bits per heavy atom. The first kappa shape index (κ1) is 15.7. The van der Waals surface area contributed by atoms with Crippen LogP contribution in [-0.4, -0.2) is 42.3 Å². The summed E-state index contributed by atoms with van der Waals surface area (Å²) in [5.41, 5.74) is 0.891. The topological polar surface area (TPSA) is 63.7 Å². The molecule has 0 aliphatic carbocycles. The third-order valence-corrected chi connectivity index (χ3v) is 3.27. The van der Waals surface area contributed by atoms with Crippen LogP contribution in [0.4, 0.5) is 0 Å². The standard InChI is InChI=1S/C15H23N3O3/c1-2-20-15-13(6-5-8-16-15)12-17-14(19)7-10-18-9-3-4-11-21-18/h5-6,8H,2-4,7,9-12H2,1H3,(H,17,19). The van der Waals surface area contributed by atoms with Crippen LogP contribution in [0, 0.1) is 0 Å². The Morgan fingerprint density at radius 1 is 1.52 bits per heavy atom. The molecule has 0 spiro atoms. The highest BCUT2D eigenvalue weighted by atomic mass is 16.7. The quantitative estimate of drug-likeness (QED) is 0.825. The van der Waals surface area contributed by atoms with Gasteiger partial charge >= 0.3 is 0 Å². The number of carbonyl (C=O) groups is 1. The number of hydroxylamine groups is 2. The third kappa shape index (κ3) is 5.32. The minimum atomic E-state index is 0.00970. The molecule has 0 bridgehead atoms. The zero-order valence-corrected chi connectivity index (χ0v) is 12.5. The number of nitrogens with zero attached hydrogens (tertiary/aromatic N) is 2. The van der Waals surface area contributed by atoms with Crippen LogP contribution in [0.2, 0.25) is 0 Å². The molecule has 1 amide bonds. The van der Waals surface area contributed by atoms with Crippen molar-refractivity contribution in [3.05, 3.63) is 23.9 Å². The van der Waals surface area contributed by atoms with E-state index in [9.17, 15) is 4.79 Å². The SMILES string of the molecule is CCOc1ncccc1CNC(=O)CCN1CCCCO1. The van der Waals surface area contributed by atoms with Crippen molar-refractivity contribution >= 4 is 5.91 Å². The predicted octanol–water partition coefficient (Wildman–Crippen LogP) is 1.51. The van der Waals surface area contributed by atoms with Crippen LogP contribution >= 0.6 is 0 Å². The van der Waals surface area contributed by atoms with Gasteiger partial charge in [0.05, 0.1) is 13.2 Å². The molecule has 1 aliphatic rings. The third-order valence-electron chi connectivity index (χ3n) is 3.27. The van der Waals surface area contributed by atoms with Crippen molar-refractivity contribution in [1.29, 1.82) is 0 Å². The lowest BCUT2D eigenvalue weighted by atomic mass is 10.2. The number of nitrogens with one attached hydrogen (secondary N) is 1. The van der Waals surface area contributed by atoms with Crippen LogP contribution in [0.1, 0.15) is 31.7 Å². The van der Waals surface area contributed by atoms with E-state index >= 15 is 0 Å². The van der Waals surface area contributed by atoms with Crippen LogP contribution in [0.3, 0.4) is 0 Å². The maximum absolute atomic E-state index is 11.9. The Labute approximate surface area is 125 Å². The smallest absolute Gasteiger partial charge is 0.221 e. The largest absolute Gasteiger partial charge is 0.478 e. The molecule has 1 fully saturated rings. The second-order valence-corrected chi connectivity index (χ2v) is 4.90. The van der Waals surface area contributed by atoms with Gasteiger partial charge in [-0.3, -0.25) is 9.63 Å². The summed E-state index contributed by atoms with van der Waals surface area (Å²) in [7, 11) is 0. The molecule has 6 nitrogen and oxygen atoms in total. The van der Waals surface area contributed by atoms with E-state index in [1.165, 1.54) is 0 Å². The van der Waals surface area contributed by atoms with E-state index in [-0.39, 0.29) is 5.91 Å². The second-order valence-electron chi connectivity index (χ2n) is 4.90. The first-order chi connectivity index (χ1) is 10.3. The monoisotopic (exact) mass is 293 g/mol. The van der Waals surface area contributed by atoms with Gasteiger partial charge in [-0.25, -0.2) is 4.98 Å². The molecule has 0 atom stereocenters. The number of ether oxygens (including phenoxy) is 1. The van der Waals surface area contributed by atoms with Crippen molar-refractivity contribution < 1.29 is 14.4 Å². The van der Waals surface area contributed by atoms with E-state index in [4.69, 9.17) is 9.57 Å². The zero-order valence-electron chi connectivity index (χ0n) is 12.5. The fourth-order valence-corrected chi connectivity index (χ4v) is 2.16. The van der Waals surface area contributed by atoms with E-state index in [0.717, 1.165) is 31.6 Å². The molecule has 1 saturated heterocycles. The lowest BCUT2D eigenvalue weighted by molar-refractivity contribution is -0.181. The maximum Gasteiger partial charge on any atom is 0.221 e. The lowest BCUT2D eigenvalue weighted by Gasteiger charge is -2.25. The molecule has 1 aromatic heterocycles. The average molecular weight is 293 g/mol. The molecule has 1 N–H and O–H groups in total. The van der Waals surface area contributed by atoms with Crippen molar-refractivity contribution in [3.8, 4) is 5.88 Å². The summed E-state index contributed by atoms with van der Waals surface area (Å²) in [6, 6.07) is 3.75. The van der Waals surface area contributed by atoms with Crippen molar-refractivity contribution in [2.45, 2.75) is 32.7 Å². The Bertz CT molecular complexity index is 448. The fourth-order valence-electron chi connectivity index (χ4n) is 2.16. The van der Waals surface area contributed by atoms with Gasteiger partial charge in [0, 0.05) is 37.8 Å². The van der Waals surface area contributed by atoms with E-state index in [1.807, 2.05) is 24.1 Å². The van der Waals surface area contributed by atoms with E-state index in [0.29, 0.717) is 32.0 Å². The molecule has 0 unspecified atom stereocenters. The number of carbonyl (C=O) groups excluding carboxylic acids is 1. The predicted molar refractivity (Wildman–Crippen MR) is 78.6 cm³/mol. The Kier molecular flexibility index (Phi) is 6.43. The Morgan fingerprint density at radius 2 is 2.43 bits per heavy atom. The molecule has 6 heteroatoms. The van der Waals surface area contributed by atoms with Crippen LogP contribution in [-0.2, 0) is 16.2 Å². The van der Waals surface area contributed by atoms with Crippen molar-refractivity contribution in [3.63, 3.8) is 0 Å². The van der Waals surface area contributed by atoms with Gasteiger partial charge in [-0.1, -0.05) is 6.07 Å². The molecule has 0 saturated carbocycles. The van der Waals surface area contributed by atoms with Gasteiger partial charge in [-0.05, 0) is 25.8 Å². The lowest BCUT2D eigenvalue weighted by Crippen LogP contribution is -2.34. The molecule has 2 heterocycles. The number of rotatable bonds is 7. The van der Waals surface area contributed by atoms with Crippen molar-refractivity contribution in [2.75, 3.05) is 26.3 Å². The minimum absolute atomic E-state index is 0.00970. The Balaban J connectivity index is 1.73. The summed E-state index contributed by atoms with van der Waals surface area (Å²) >= 11 is 0. The summed E-state index contributed by atoms with van der Waals surface area (Å²) in [5.74, 6) is 0.593. The molecule has 116 valence electrons. The van der Waals surface area contributed by atoms with Crippen LogP contribution in [0.15, 0.2) is 18.3 Å². The highest BCUT2D eigenvalue weighted by Crippen LogP contribution is 2.13. The molecule has 1 aromatic rings. The zero-order chi connectivity index (χ0) is 14.9. The number of pyridine rings is 1. The summed E-state index contributed by atoms with van der Waals surface area (Å²) in [4.78, 5) is 21.5. The first-order valence-electron chi connectivity index (χ1n) is 7.51. The molecular weight excluding hydrogens is 270 g/mol. The van der Waals surface area contributed by atoms with Gasteiger partial charge in [-0.15, -0.1) is 0 Å². The minimum Gasteiger partial charge on any atom is -0.478 e. The molecule has 2 rings (SSSR count). The molecule has 21 heavy (non-hydrogen) atoms. The van der Waals surface area contributed by atoms with Gasteiger partial charge in [-0.2, -0.15) is 5.06 Å². The molecule has 0 aromatic carbocycles. The molecule has 0 radical (unpaired) electrons. The second kappa shape index (κ2) is 8.59. The Hall–Kier alpha value is -1.66. The highest BCUT2D eigenvalue weighted by molar-refractivity contribution is 5.76. The fraction of sp³-hybridized carbons (Fsp3) is 0.600. The molecular formula is C15H23N3O3. The van der Waals surface area contributed by atoms with Crippen LogP contribution in [0.25, 0.3) is 0 Å². The van der Waals surface area contributed by atoms with Gasteiger partial charge in [0.1, 0.15) is 0 Å². The van der Waals surface area contributed by atoms with E-state index in [2.05, 4.69) is 10.3 Å². The van der Waals surface area contributed by atoms with E-state index < -0.39 is 0 Å². The first-order valence-corrected chi connectivity index (χ1v) is 7.51. The van der Waals surface area contributed by atoms with Gasteiger partial charge in [0.2, 0.25) is 11.8 Å². The normalized spacial score (nSPS) is 15.7. The number of amides is 1. The van der Waals surface area contributed by atoms with Crippen molar-refractivity contribution in [2.24, 2.45) is 0 Å². The van der Waals surface area contributed by atoms with E-state index in [1.54, 1.807) is 6.20 Å². The van der Waals surface area contributed by atoms with Crippen LogP contribution < -0.4 is 10.1 Å². The average Bonchev–Trinajstić information content (AvgIpc) is 2.53. The van der Waals surface area contributed by atoms with Gasteiger partial charge < -0.3 is 10.1 Å². The van der Waals surface area contributed by atoms with Crippen LogP contribution in [0.5, 0.6) is 5.88 Å². The van der Waals surface area contributed by atoms with Crippen molar-refractivity contribution in [1.82, 2.24) is 15.4 Å². The molecule has 1 aliphatic heterocycles. The maximum atomic E-state index is 11.9. The number of hydrogen-bond donors (Lipinski definition) is 1. The summed E-state index contributed by atoms with van der Waals surface area (Å²) < 4.78 is 5.43. The van der Waals surface area contributed by atoms with Gasteiger partial charge in [0.25, 0.3) is 0 Å². The number of hydrogen-bond acceptors (Lipinski definition) is 5.